The van der Waals surface area contributed by atoms with Gasteiger partial charge in [-0.2, -0.15) is 0 Å². The predicted molar refractivity (Wildman–Crippen MR) is 117 cm³/mol. The number of aliphatic hydroxyl groups is 1. The average molecular weight is 472 g/mol. The summed E-state index contributed by atoms with van der Waals surface area (Å²) in [4.78, 5) is 43.4. The van der Waals surface area contributed by atoms with Crippen molar-refractivity contribution in [1.82, 2.24) is 14.9 Å². The number of aromatic nitrogens is 2. The van der Waals surface area contributed by atoms with Crippen LogP contribution in [-0.4, -0.2) is 39.1 Å². The van der Waals surface area contributed by atoms with E-state index in [2.05, 4.69) is 16.9 Å². The number of β-amino-alcohol motifs (C(OH)–C–C–N with tert-alkyl or cyclic N) is 1. The van der Waals surface area contributed by atoms with Crippen LogP contribution in [0.4, 0.5) is 19.0 Å². The van der Waals surface area contributed by atoms with Crippen molar-refractivity contribution in [2.45, 2.75) is 25.9 Å². The maximum Gasteiger partial charge on any atom is 0.260 e. The van der Waals surface area contributed by atoms with Gasteiger partial charge in [-0.05, 0) is 18.6 Å². The fourth-order valence-electron chi connectivity index (χ4n) is 3.67. The van der Waals surface area contributed by atoms with Crippen molar-refractivity contribution in [3.63, 3.8) is 0 Å². The van der Waals surface area contributed by atoms with Gasteiger partial charge in [0, 0.05) is 24.0 Å². The zero-order valence-corrected chi connectivity index (χ0v) is 17.9. The number of allylic oxidation sites excluding steroid dienone is 1. The minimum absolute atomic E-state index is 0.0293. The summed E-state index contributed by atoms with van der Waals surface area (Å²) in [6.07, 6.45) is 0.237. The van der Waals surface area contributed by atoms with Crippen molar-refractivity contribution in [1.29, 1.82) is 0 Å². The number of anilines is 1. The first-order valence-electron chi connectivity index (χ1n) is 10.3. The molecule has 4 rings (SSSR count). The maximum absolute atomic E-state index is 14.7. The minimum Gasteiger partial charge on any atom is -0.391 e. The number of benzene rings is 1. The first-order chi connectivity index (χ1) is 16.1. The van der Waals surface area contributed by atoms with Gasteiger partial charge in [0.15, 0.2) is 17.3 Å². The minimum atomic E-state index is -1.30. The van der Waals surface area contributed by atoms with E-state index >= 15 is 0 Å². The van der Waals surface area contributed by atoms with Gasteiger partial charge in [-0.15, -0.1) is 0 Å². The van der Waals surface area contributed by atoms with Crippen LogP contribution in [0.5, 0.6) is 0 Å². The number of fused-ring (bicyclic) bond motifs is 1. The molecule has 3 aromatic rings. The molecule has 8 nitrogen and oxygen atoms in total. The molecular weight excluding hydrogens is 453 g/mol. The van der Waals surface area contributed by atoms with E-state index in [1.807, 2.05) is 0 Å². The number of amides is 2. The molecule has 1 fully saturated rings. The molecule has 0 radical (unpaired) electrons. The van der Waals surface area contributed by atoms with Crippen LogP contribution in [0, 0.1) is 17.5 Å². The molecule has 1 aliphatic rings. The van der Waals surface area contributed by atoms with E-state index < -0.39 is 52.0 Å². The highest BCUT2D eigenvalue weighted by Crippen LogP contribution is 2.26. The Hall–Kier alpha value is -3.99. The van der Waals surface area contributed by atoms with Crippen molar-refractivity contribution < 1.29 is 27.9 Å². The molecule has 0 aliphatic carbocycles. The van der Waals surface area contributed by atoms with Crippen LogP contribution in [0.3, 0.4) is 0 Å². The Bertz CT molecular complexity index is 1400. The van der Waals surface area contributed by atoms with Crippen LogP contribution in [-0.2, 0) is 4.79 Å². The van der Waals surface area contributed by atoms with Crippen molar-refractivity contribution in [3.8, 4) is 5.69 Å². The number of aliphatic hydroxyl groups excluding tert-OH is 1. The molecular formula is C23H19F3N4O4. The second-order valence-electron chi connectivity index (χ2n) is 7.77. The largest absolute Gasteiger partial charge is 0.391 e. The summed E-state index contributed by atoms with van der Waals surface area (Å²) in [6.45, 7) is 5.32. The Labute approximate surface area is 190 Å². The van der Waals surface area contributed by atoms with E-state index in [9.17, 15) is 32.7 Å². The third-order valence-electron chi connectivity index (χ3n) is 5.40. The van der Waals surface area contributed by atoms with Crippen molar-refractivity contribution in [3.05, 3.63) is 76.0 Å². The van der Waals surface area contributed by atoms with Crippen LogP contribution in [0.2, 0.25) is 0 Å². The highest BCUT2D eigenvalue weighted by atomic mass is 19.1. The highest BCUT2D eigenvalue weighted by molar-refractivity contribution is 5.99. The van der Waals surface area contributed by atoms with Gasteiger partial charge in [-0.25, -0.2) is 18.2 Å². The van der Waals surface area contributed by atoms with E-state index in [0.29, 0.717) is 24.3 Å². The lowest BCUT2D eigenvalue weighted by molar-refractivity contribution is -0.117. The van der Waals surface area contributed by atoms with Gasteiger partial charge in [0.05, 0.1) is 24.5 Å². The summed E-state index contributed by atoms with van der Waals surface area (Å²) in [5.41, 5.74) is -1.95. The summed E-state index contributed by atoms with van der Waals surface area (Å²) in [6, 6.07) is 3.49. The quantitative estimate of drug-likeness (QED) is 0.594. The molecule has 0 unspecified atom stereocenters. The van der Waals surface area contributed by atoms with E-state index in [1.54, 1.807) is 6.92 Å². The Morgan fingerprint density at radius 2 is 1.91 bits per heavy atom. The number of pyridine rings is 2. The number of halogens is 3. The fourth-order valence-corrected chi connectivity index (χ4v) is 3.67. The number of carbonyl (C=O) groups excluding carboxylic acids is 2. The van der Waals surface area contributed by atoms with Crippen molar-refractivity contribution >= 4 is 28.7 Å². The van der Waals surface area contributed by atoms with E-state index in [1.165, 1.54) is 17.0 Å². The molecule has 11 heteroatoms. The van der Waals surface area contributed by atoms with Gasteiger partial charge in [0.25, 0.3) is 5.91 Å². The van der Waals surface area contributed by atoms with Crippen LogP contribution >= 0.6 is 0 Å². The molecule has 0 bridgehead atoms. The topological polar surface area (TPSA) is 105 Å². The Balaban J connectivity index is 2.01. The maximum atomic E-state index is 14.7. The van der Waals surface area contributed by atoms with Gasteiger partial charge < -0.3 is 10.4 Å². The van der Waals surface area contributed by atoms with Gasteiger partial charge in [-0.3, -0.25) is 23.9 Å². The molecule has 1 aliphatic heterocycles. The number of carbonyl (C=O) groups is 2. The van der Waals surface area contributed by atoms with E-state index in [-0.39, 0.29) is 29.8 Å². The third-order valence-corrected chi connectivity index (χ3v) is 5.40. The Morgan fingerprint density at radius 1 is 1.24 bits per heavy atom. The lowest BCUT2D eigenvalue weighted by atomic mass is 10.1. The Kier molecular flexibility index (Phi) is 5.96. The second-order valence-corrected chi connectivity index (χ2v) is 7.77. The molecule has 0 saturated carbocycles. The summed E-state index contributed by atoms with van der Waals surface area (Å²) in [5.74, 6) is -5.01. The number of hydrogen-bond donors (Lipinski definition) is 2. The molecule has 0 spiro atoms. The predicted octanol–water partition coefficient (Wildman–Crippen LogP) is 2.55. The average Bonchev–Trinajstić information content (AvgIpc) is 3.11. The molecule has 1 aromatic carbocycles. The van der Waals surface area contributed by atoms with Crippen LogP contribution in [0.1, 0.15) is 30.1 Å². The SMILES string of the molecule is C=C(CC)NC(=O)c1cn(-c2c(F)cc(F)cc2F)c2nc(N3C[C@@H](O)CC3=O)ccc2c1=O. The number of hydrogen-bond acceptors (Lipinski definition) is 5. The lowest BCUT2D eigenvalue weighted by Crippen LogP contribution is -2.30. The zero-order chi connectivity index (χ0) is 24.7. The van der Waals surface area contributed by atoms with E-state index in [0.717, 1.165) is 10.8 Å². The molecule has 176 valence electrons. The summed E-state index contributed by atoms with van der Waals surface area (Å²) in [5, 5.41) is 12.0. The fraction of sp³-hybridized carbons (Fsp3) is 0.217. The lowest BCUT2D eigenvalue weighted by Gasteiger charge is -2.18. The van der Waals surface area contributed by atoms with Gasteiger partial charge in [0.2, 0.25) is 11.3 Å². The molecule has 34 heavy (non-hydrogen) atoms. The normalized spacial score (nSPS) is 15.7. The molecule has 1 atom stereocenters. The van der Waals surface area contributed by atoms with Crippen molar-refractivity contribution in [2.24, 2.45) is 0 Å². The summed E-state index contributed by atoms with van der Waals surface area (Å²) < 4.78 is 43.8. The first kappa shape index (κ1) is 23.2. The molecule has 1 saturated heterocycles. The third kappa shape index (κ3) is 4.05. The van der Waals surface area contributed by atoms with Crippen LogP contribution in [0.15, 0.2) is 47.5 Å². The second kappa shape index (κ2) is 8.75. The number of nitrogens with zero attached hydrogens (tertiary/aromatic N) is 3. The molecule has 2 amide bonds. The monoisotopic (exact) mass is 472 g/mol. The van der Waals surface area contributed by atoms with Crippen LogP contribution in [0.25, 0.3) is 16.7 Å². The standard InChI is InChI=1S/C23H19F3N4O4/c1-3-11(2)27-23(34)15-10-30(20-16(25)6-12(24)7-17(20)26)22-14(21(15)33)4-5-18(28-22)29-9-13(31)8-19(29)32/h4-7,10,13,31H,2-3,8-9H2,1H3,(H,27,34)/t13-/m0/s1. The van der Waals surface area contributed by atoms with E-state index in [4.69, 9.17) is 0 Å². The number of nitrogens with one attached hydrogen (secondary N) is 1. The van der Waals surface area contributed by atoms with Crippen LogP contribution < -0.4 is 15.6 Å². The van der Waals surface area contributed by atoms with Gasteiger partial charge in [0.1, 0.15) is 22.9 Å². The highest BCUT2D eigenvalue weighted by Gasteiger charge is 2.31. The first-order valence-corrected chi connectivity index (χ1v) is 10.3. The van der Waals surface area contributed by atoms with Gasteiger partial charge >= 0.3 is 0 Å². The number of rotatable bonds is 5. The zero-order valence-electron chi connectivity index (χ0n) is 17.9. The Morgan fingerprint density at radius 3 is 2.50 bits per heavy atom. The smallest absolute Gasteiger partial charge is 0.260 e. The van der Waals surface area contributed by atoms with Crippen molar-refractivity contribution in [2.75, 3.05) is 11.4 Å². The summed E-state index contributed by atoms with van der Waals surface area (Å²) in [7, 11) is 0. The molecule has 2 N–H and O–H groups in total. The molecule has 3 heterocycles. The summed E-state index contributed by atoms with van der Waals surface area (Å²) >= 11 is 0. The molecule has 2 aromatic heterocycles. The van der Waals surface area contributed by atoms with Gasteiger partial charge in [-0.1, -0.05) is 13.5 Å².